The molecule has 1 N–H and O–H groups in total. The predicted molar refractivity (Wildman–Crippen MR) is 91.7 cm³/mol. The van der Waals surface area contributed by atoms with Gasteiger partial charge < -0.3 is 15.1 Å². The van der Waals surface area contributed by atoms with Crippen LogP contribution in [0.1, 0.15) is 38.5 Å². The van der Waals surface area contributed by atoms with Crippen molar-refractivity contribution in [1.29, 1.82) is 0 Å². The monoisotopic (exact) mass is 317 g/mol. The molecule has 23 heavy (non-hydrogen) atoms. The molecule has 1 aromatic heterocycles. The molecule has 1 amide bonds. The molecule has 1 aromatic rings. The molecule has 1 saturated heterocycles. The first-order valence-electron chi connectivity index (χ1n) is 8.65. The van der Waals surface area contributed by atoms with Crippen LogP contribution in [0.5, 0.6) is 0 Å². The molecule has 0 atom stereocenters. The summed E-state index contributed by atoms with van der Waals surface area (Å²) < 4.78 is 0. The minimum atomic E-state index is 0.241. The van der Waals surface area contributed by atoms with Crippen molar-refractivity contribution in [2.24, 2.45) is 5.92 Å². The van der Waals surface area contributed by atoms with Crippen molar-refractivity contribution in [2.75, 3.05) is 37.0 Å². The summed E-state index contributed by atoms with van der Waals surface area (Å²) in [5, 5.41) is 3.15. The number of rotatable bonds is 5. The average Bonchev–Trinajstić information content (AvgIpc) is 2.52. The van der Waals surface area contributed by atoms with Gasteiger partial charge in [0.2, 0.25) is 5.91 Å². The van der Waals surface area contributed by atoms with Crippen LogP contribution in [0.4, 0.5) is 11.6 Å². The molecule has 0 spiro atoms. The van der Waals surface area contributed by atoms with Gasteiger partial charge in [-0.05, 0) is 38.0 Å². The SMILES string of the molecule is CN(C)c1cc(N2CCC(CC(=O)NC3CCC3)CC2)ncn1. The van der Waals surface area contributed by atoms with Gasteiger partial charge in [0.25, 0.3) is 0 Å². The van der Waals surface area contributed by atoms with E-state index < -0.39 is 0 Å². The topological polar surface area (TPSA) is 61.4 Å². The largest absolute Gasteiger partial charge is 0.363 e. The molecular weight excluding hydrogens is 290 g/mol. The highest BCUT2D eigenvalue weighted by Crippen LogP contribution is 2.26. The molecule has 1 saturated carbocycles. The van der Waals surface area contributed by atoms with Gasteiger partial charge in [0.15, 0.2) is 0 Å². The summed E-state index contributed by atoms with van der Waals surface area (Å²) in [6.07, 6.45) is 7.99. The molecule has 0 bridgehead atoms. The minimum Gasteiger partial charge on any atom is -0.363 e. The van der Waals surface area contributed by atoms with Crippen LogP contribution in [0, 0.1) is 5.92 Å². The van der Waals surface area contributed by atoms with Crippen LogP contribution in [0.15, 0.2) is 12.4 Å². The molecule has 0 aromatic carbocycles. The molecule has 2 fully saturated rings. The summed E-state index contributed by atoms with van der Waals surface area (Å²) in [5.74, 6) is 2.66. The van der Waals surface area contributed by atoms with Gasteiger partial charge in [-0.25, -0.2) is 9.97 Å². The van der Waals surface area contributed by atoms with Gasteiger partial charge in [-0.3, -0.25) is 4.79 Å². The van der Waals surface area contributed by atoms with Gasteiger partial charge >= 0.3 is 0 Å². The van der Waals surface area contributed by atoms with Crippen molar-refractivity contribution in [1.82, 2.24) is 15.3 Å². The number of piperidine rings is 1. The zero-order valence-corrected chi connectivity index (χ0v) is 14.2. The Bertz CT molecular complexity index is 536. The van der Waals surface area contributed by atoms with Crippen molar-refractivity contribution >= 4 is 17.5 Å². The Morgan fingerprint density at radius 3 is 2.61 bits per heavy atom. The van der Waals surface area contributed by atoms with E-state index in [9.17, 15) is 4.79 Å². The summed E-state index contributed by atoms with van der Waals surface area (Å²) in [6.45, 7) is 1.93. The lowest BCUT2D eigenvalue weighted by Crippen LogP contribution is -2.41. The Labute approximate surface area is 138 Å². The summed E-state index contributed by atoms with van der Waals surface area (Å²) >= 11 is 0. The van der Waals surface area contributed by atoms with Gasteiger partial charge in [0.1, 0.15) is 18.0 Å². The van der Waals surface area contributed by atoms with E-state index in [0.717, 1.165) is 50.4 Å². The third-order valence-corrected chi connectivity index (χ3v) is 4.98. The number of amides is 1. The van der Waals surface area contributed by atoms with E-state index in [-0.39, 0.29) is 5.91 Å². The van der Waals surface area contributed by atoms with Crippen LogP contribution >= 0.6 is 0 Å². The summed E-state index contributed by atoms with van der Waals surface area (Å²) in [4.78, 5) is 25.0. The highest BCUT2D eigenvalue weighted by Gasteiger charge is 2.25. The number of nitrogens with one attached hydrogen (secondary N) is 1. The second-order valence-electron chi connectivity index (χ2n) is 6.96. The number of hydrogen-bond donors (Lipinski definition) is 1. The number of aromatic nitrogens is 2. The predicted octanol–water partition coefficient (Wildman–Crippen LogP) is 1.82. The van der Waals surface area contributed by atoms with E-state index in [0.29, 0.717) is 18.4 Å². The first kappa shape index (κ1) is 16.0. The lowest BCUT2D eigenvalue weighted by molar-refractivity contribution is -0.123. The number of anilines is 2. The van der Waals surface area contributed by atoms with Gasteiger partial charge in [0.05, 0.1) is 0 Å². The molecule has 0 radical (unpaired) electrons. The minimum absolute atomic E-state index is 0.241. The second-order valence-corrected chi connectivity index (χ2v) is 6.96. The Balaban J connectivity index is 1.48. The fourth-order valence-electron chi connectivity index (χ4n) is 3.22. The summed E-state index contributed by atoms with van der Waals surface area (Å²) in [7, 11) is 3.97. The highest BCUT2D eigenvalue weighted by atomic mass is 16.1. The van der Waals surface area contributed by atoms with Gasteiger partial charge in [-0.2, -0.15) is 0 Å². The fourth-order valence-corrected chi connectivity index (χ4v) is 3.22. The fraction of sp³-hybridized carbons (Fsp3) is 0.706. The van der Waals surface area contributed by atoms with E-state index in [4.69, 9.17) is 0 Å². The first-order valence-corrected chi connectivity index (χ1v) is 8.65. The molecule has 3 rings (SSSR count). The van der Waals surface area contributed by atoms with E-state index in [2.05, 4.69) is 20.2 Å². The zero-order chi connectivity index (χ0) is 16.2. The smallest absolute Gasteiger partial charge is 0.220 e. The zero-order valence-electron chi connectivity index (χ0n) is 14.2. The Hall–Kier alpha value is -1.85. The molecule has 1 aliphatic heterocycles. The molecule has 2 aliphatic rings. The third-order valence-electron chi connectivity index (χ3n) is 4.98. The van der Waals surface area contributed by atoms with Crippen molar-refractivity contribution in [2.45, 2.75) is 44.6 Å². The highest BCUT2D eigenvalue weighted by molar-refractivity contribution is 5.76. The van der Waals surface area contributed by atoms with Crippen LogP contribution < -0.4 is 15.1 Å². The molecule has 0 unspecified atom stereocenters. The summed E-state index contributed by atoms with van der Waals surface area (Å²) in [6, 6.07) is 2.48. The van der Waals surface area contributed by atoms with E-state index >= 15 is 0 Å². The quantitative estimate of drug-likeness (QED) is 0.897. The standard InChI is InChI=1S/C17H27N5O/c1-21(2)15-11-16(19-12-18-15)22-8-6-13(7-9-22)10-17(23)20-14-4-3-5-14/h11-14H,3-10H2,1-2H3,(H,20,23). The van der Waals surface area contributed by atoms with Crippen LogP contribution in [-0.2, 0) is 4.79 Å². The van der Waals surface area contributed by atoms with Crippen molar-refractivity contribution in [3.05, 3.63) is 12.4 Å². The van der Waals surface area contributed by atoms with Crippen LogP contribution in [0.25, 0.3) is 0 Å². The molecule has 6 nitrogen and oxygen atoms in total. The number of carbonyl (C=O) groups excluding carboxylic acids is 1. The second kappa shape index (κ2) is 7.15. The number of carbonyl (C=O) groups is 1. The number of nitrogens with zero attached hydrogens (tertiary/aromatic N) is 4. The molecule has 126 valence electrons. The van der Waals surface area contributed by atoms with E-state index in [1.54, 1.807) is 6.33 Å². The van der Waals surface area contributed by atoms with Crippen LogP contribution in [0.3, 0.4) is 0 Å². The van der Waals surface area contributed by atoms with E-state index in [1.807, 2.05) is 25.1 Å². The van der Waals surface area contributed by atoms with Crippen molar-refractivity contribution in [3.63, 3.8) is 0 Å². The number of hydrogen-bond acceptors (Lipinski definition) is 5. The third kappa shape index (κ3) is 4.12. The Morgan fingerprint density at radius 1 is 1.26 bits per heavy atom. The maximum Gasteiger partial charge on any atom is 0.220 e. The average molecular weight is 317 g/mol. The van der Waals surface area contributed by atoms with Crippen molar-refractivity contribution < 1.29 is 4.79 Å². The van der Waals surface area contributed by atoms with E-state index in [1.165, 1.54) is 6.42 Å². The van der Waals surface area contributed by atoms with Crippen molar-refractivity contribution in [3.8, 4) is 0 Å². The lowest BCUT2D eigenvalue weighted by atomic mass is 9.90. The van der Waals surface area contributed by atoms with Gasteiger partial charge in [0, 0.05) is 45.7 Å². The molecule has 1 aliphatic carbocycles. The Morgan fingerprint density at radius 2 is 2.00 bits per heavy atom. The van der Waals surface area contributed by atoms with Crippen LogP contribution in [0.2, 0.25) is 0 Å². The summed E-state index contributed by atoms with van der Waals surface area (Å²) in [5.41, 5.74) is 0. The van der Waals surface area contributed by atoms with Crippen LogP contribution in [-0.4, -0.2) is 49.1 Å². The Kier molecular flexibility index (Phi) is 4.98. The lowest BCUT2D eigenvalue weighted by Gasteiger charge is -2.33. The molecule has 2 heterocycles. The van der Waals surface area contributed by atoms with Gasteiger partial charge in [-0.15, -0.1) is 0 Å². The maximum absolute atomic E-state index is 12.0. The molecule has 6 heteroatoms. The maximum atomic E-state index is 12.0. The normalized spacial score (nSPS) is 19.3. The first-order chi connectivity index (χ1) is 11.1. The van der Waals surface area contributed by atoms with Gasteiger partial charge in [-0.1, -0.05) is 0 Å². The molecular formula is C17H27N5O.